The first-order valence-corrected chi connectivity index (χ1v) is 7.67. The zero-order valence-corrected chi connectivity index (χ0v) is 13.5. The van der Waals surface area contributed by atoms with Gasteiger partial charge in [-0.2, -0.15) is 5.10 Å². The molecule has 25 heavy (non-hydrogen) atoms. The van der Waals surface area contributed by atoms with Crippen LogP contribution < -0.4 is 0 Å². The van der Waals surface area contributed by atoms with Crippen LogP contribution in [0.25, 0.3) is 17.4 Å². The van der Waals surface area contributed by atoms with Gasteiger partial charge in [-0.1, -0.05) is 0 Å². The summed E-state index contributed by atoms with van der Waals surface area (Å²) >= 11 is 0. The number of aryl methyl sites for hydroxylation is 1. The molecule has 0 N–H and O–H groups in total. The number of non-ortho nitro benzene ring substituents is 1. The molecule has 0 aliphatic heterocycles. The van der Waals surface area contributed by atoms with Gasteiger partial charge in [0.05, 0.1) is 4.92 Å². The van der Waals surface area contributed by atoms with E-state index in [1.54, 1.807) is 47.3 Å². The lowest BCUT2D eigenvalue weighted by Gasteiger charge is -1.99. The number of aromatic nitrogens is 2. The minimum Gasteiger partial charge on any atom is -0.457 e. The average molecular weight is 337 g/mol. The highest BCUT2D eigenvalue weighted by Gasteiger charge is 2.10. The molecule has 126 valence electrons. The molecule has 2 heterocycles. The number of ketones is 1. The van der Waals surface area contributed by atoms with Crippen molar-refractivity contribution < 1.29 is 14.1 Å². The second kappa shape index (κ2) is 6.96. The van der Waals surface area contributed by atoms with E-state index < -0.39 is 4.92 Å². The number of benzene rings is 1. The third-order valence-corrected chi connectivity index (χ3v) is 3.66. The predicted octanol–water partition coefficient (Wildman–Crippen LogP) is 3.97. The standard InChI is InChI=1S/C18H15N3O4/c1-2-20-16(11-12-19-20)17(22)9-7-15-8-10-18(25-15)13-3-5-14(6-4-13)21(23)24/h3-12H,2H2,1H3. The number of hydrogen-bond acceptors (Lipinski definition) is 5. The van der Waals surface area contributed by atoms with Crippen molar-refractivity contribution in [2.24, 2.45) is 0 Å². The van der Waals surface area contributed by atoms with Gasteiger partial charge in [-0.15, -0.1) is 0 Å². The number of rotatable bonds is 6. The fourth-order valence-electron chi connectivity index (χ4n) is 2.38. The molecule has 1 aromatic carbocycles. The number of carbonyl (C=O) groups excluding carboxylic acids is 1. The van der Waals surface area contributed by atoms with Gasteiger partial charge in [0, 0.05) is 30.4 Å². The molecule has 0 atom stereocenters. The van der Waals surface area contributed by atoms with Crippen LogP contribution >= 0.6 is 0 Å². The van der Waals surface area contributed by atoms with E-state index in [4.69, 9.17) is 4.42 Å². The minimum absolute atomic E-state index is 0.0218. The number of furan rings is 1. The van der Waals surface area contributed by atoms with Crippen molar-refractivity contribution in [1.82, 2.24) is 9.78 Å². The van der Waals surface area contributed by atoms with Crippen molar-refractivity contribution in [2.75, 3.05) is 0 Å². The Morgan fingerprint density at radius 1 is 1.24 bits per heavy atom. The Kier molecular flexibility index (Phi) is 4.56. The van der Waals surface area contributed by atoms with E-state index in [1.165, 1.54) is 18.2 Å². The Labute approximate surface area is 143 Å². The molecule has 0 aliphatic carbocycles. The van der Waals surface area contributed by atoms with Gasteiger partial charge >= 0.3 is 0 Å². The molecule has 0 unspecified atom stereocenters. The second-order valence-corrected chi connectivity index (χ2v) is 5.24. The first-order valence-electron chi connectivity index (χ1n) is 7.67. The van der Waals surface area contributed by atoms with Gasteiger partial charge in [0.15, 0.2) is 0 Å². The number of nitro benzene ring substituents is 1. The van der Waals surface area contributed by atoms with E-state index in [9.17, 15) is 14.9 Å². The SMILES string of the molecule is CCn1nccc1C(=O)C=Cc1ccc(-c2ccc([N+](=O)[O-])cc2)o1. The van der Waals surface area contributed by atoms with Crippen molar-refractivity contribution in [3.63, 3.8) is 0 Å². The van der Waals surface area contributed by atoms with Crippen LogP contribution in [0.3, 0.4) is 0 Å². The third kappa shape index (κ3) is 3.55. The summed E-state index contributed by atoms with van der Waals surface area (Å²) in [4.78, 5) is 22.4. The number of nitro groups is 1. The molecule has 0 saturated heterocycles. The first kappa shape index (κ1) is 16.4. The summed E-state index contributed by atoms with van der Waals surface area (Å²) in [6.07, 6.45) is 4.61. The summed E-state index contributed by atoms with van der Waals surface area (Å²) in [5.74, 6) is 0.928. The predicted molar refractivity (Wildman–Crippen MR) is 92.1 cm³/mol. The van der Waals surface area contributed by atoms with Crippen LogP contribution in [-0.4, -0.2) is 20.5 Å². The van der Waals surface area contributed by atoms with Crippen molar-refractivity contribution in [3.05, 3.63) is 76.3 Å². The van der Waals surface area contributed by atoms with E-state index >= 15 is 0 Å². The van der Waals surface area contributed by atoms with E-state index in [0.717, 1.165) is 5.56 Å². The lowest BCUT2D eigenvalue weighted by Crippen LogP contribution is -2.07. The van der Waals surface area contributed by atoms with E-state index in [1.807, 2.05) is 6.92 Å². The molecule has 0 spiro atoms. The quantitative estimate of drug-likeness (QED) is 0.294. The monoisotopic (exact) mass is 337 g/mol. The van der Waals surface area contributed by atoms with Crippen molar-refractivity contribution in [1.29, 1.82) is 0 Å². The van der Waals surface area contributed by atoms with Crippen LogP contribution in [0.5, 0.6) is 0 Å². The number of allylic oxidation sites excluding steroid dienone is 1. The maximum Gasteiger partial charge on any atom is 0.269 e. The highest BCUT2D eigenvalue weighted by atomic mass is 16.6. The highest BCUT2D eigenvalue weighted by molar-refractivity contribution is 6.05. The van der Waals surface area contributed by atoms with E-state index in [-0.39, 0.29) is 11.5 Å². The molecule has 3 rings (SSSR count). The van der Waals surface area contributed by atoms with Crippen LogP contribution in [0, 0.1) is 10.1 Å². The summed E-state index contributed by atoms with van der Waals surface area (Å²) in [6, 6.07) is 11.2. The zero-order chi connectivity index (χ0) is 17.8. The summed E-state index contributed by atoms with van der Waals surface area (Å²) in [5.41, 5.74) is 1.26. The minimum atomic E-state index is -0.452. The molecule has 0 amide bonds. The lowest BCUT2D eigenvalue weighted by molar-refractivity contribution is -0.384. The molecule has 0 fully saturated rings. The van der Waals surface area contributed by atoms with E-state index in [2.05, 4.69) is 5.10 Å². The normalized spacial score (nSPS) is 11.1. The summed E-state index contributed by atoms with van der Waals surface area (Å²) < 4.78 is 7.29. The van der Waals surface area contributed by atoms with Crippen LogP contribution in [-0.2, 0) is 6.54 Å². The first-order chi connectivity index (χ1) is 12.1. The Balaban J connectivity index is 1.75. The number of carbonyl (C=O) groups is 1. The van der Waals surface area contributed by atoms with Gasteiger partial charge in [-0.3, -0.25) is 19.6 Å². The Morgan fingerprint density at radius 3 is 2.68 bits per heavy atom. The summed E-state index contributed by atoms with van der Waals surface area (Å²) in [5, 5.41) is 14.7. The van der Waals surface area contributed by atoms with Gasteiger partial charge in [0.1, 0.15) is 17.2 Å². The Hall–Kier alpha value is -3.48. The van der Waals surface area contributed by atoms with Gasteiger partial charge in [-0.25, -0.2) is 0 Å². The third-order valence-electron chi connectivity index (χ3n) is 3.66. The Morgan fingerprint density at radius 2 is 2.00 bits per heavy atom. The molecule has 7 heteroatoms. The van der Waals surface area contributed by atoms with Crippen LogP contribution in [0.4, 0.5) is 5.69 Å². The van der Waals surface area contributed by atoms with Gasteiger partial charge < -0.3 is 4.42 Å². The topological polar surface area (TPSA) is 91.2 Å². The molecule has 7 nitrogen and oxygen atoms in total. The molecule has 0 bridgehead atoms. The maximum absolute atomic E-state index is 12.2. The largest absolute Gasteiger partial charge is 0.457 e. The van der Waals surface area contributed by atoms with Crippen LogP contribution in [0.2, 0.25) is 0 Å². The number of hydrogen-bond donors (Lipinski definition) is 0. The fourth-order valence-corrected chi connectivity index (χ4v) is 2.38. The lowest BCUT2D eigenvalue weighted by atomic mass is 10.1. The molecule has 3 aromatic rings. The fraction of sp³-hybridized carbons (Fsp3) is 0.111. The molecule has 0 aliphatic rings. The summed E-state index contributed by atoms with van der Waals surface area (Å²) in [7, 11) is 0. The second-order valence-electron chi connectivity index (χ2n) is 5.24. The smallest absolute Gasteiger partial charge is 0.269 e. The zero-order valence-electron chi connectivity index (χ0n) is 13.5. The number of nitrogens with zero attached hydrogens (tertiary/aromatic N) is 3. The molecule has 0 radical (unpaired) electrons. The van der Waals surface area contributed by atoms with Crippen molar-refractivity contribution in [2.45, 2.75) is 13.5 Å². The maximum atomic E-state index is 12.2. The molecular weight excluding hydrogens is 322 g/mol. The average Bonchev–Trinajstić information content (AvgIpc) is 3.29. The van der Waals surface area contributed by atoms with Gasteiger partial charge in [-0.05, 0) is 49.4 Å². The van der Waals surface area contributed by atoms with Crippen LogP contribution in [0.1, 0.15) is 23.2 Å². The molecule has 2 aromatic heterocycles. The van der Waals surface area contributed by atoms with Gasteiger partial charge in [0.25, 0.3) is 5.69 Å². The van der Waals surface area contributed by atoms with Crippen LogP contribution in [0.15, 0.2) is 59.2 Å². The summed E-state index contributed by atoms with van der Waals surface area (Å²) in [6.45, 7) is 2.53. The highest BCUT2D eigenvalue weighted by Crippen LogP contribution is 2.25. The molecule has 0 saturated carbocycles. The van der Waals surface area contributed by atoms with Crippen molar-refractivity contribution in [3.8, 4) is 11.3 Å². The van der Waals surface area contributed by atoms with Crippen molar-refractivity contribution >= 4 is 17.5 Å². The van der Waals surface area contributed by atoms with Gasteiger partial charge in [0.2, 0.25) is 5.78 Å². The Bertz CT molecular complexity index is 935. The van der Waals surface area contributed by atoms with E-state index in [0.29, 0.717) is 23.8 Å². The molecular formula is C18H15N3O4.